The van der Waals surface area contributed by atoms with Crippen molar-refractivity contribution in [3.63, 3.8) is 0 Å². The first kappa shape index (κ1) is 45.8. The second-order valence-electron chi connectivity index (χ2n) is 26.1. The largest absolute Gasteiger partial charge is 0.456 e. The zero-order valence-corrected chi connectivity index (χ0v) is 44.9. The van der Waals surface area contributed by atoms with Crippen LogP contribution in [-0.2, 0) is 32.5 Å². The van der Waals surface area contributed by atoms with Crippen LogP contribution in [0.4, 0.5) is 33.4 Å². The van der Waals surface area contributed by atoms with Crippen LogP contribution in [-0.4, -0.2) is 11.7 Å². The van der Waals surface area contributed by atoms with E-state index in [2.05, 4.69) is 230 Å². The molecule has 0 saturated heterocycles. The van der Waals surface area contributed by atoms with Crippen LogP contribution in [0.3, 0.4) is 0 Å². The lowest BCUT2D eigenvalue weighted by Gasteiger charge is -2.45. The summed E-state index contributed by atoms with van der Waals surface area (Å²) in [6.07, 6.45) is 2.33. The molecule has 0 bridgehead atoms. The van der Waals surface area contributed by atoms with Crippen LogP contribution in [0.25, 0.3) is 32.5 Å². The number of thiazole rings is 1. The van der Waals surface area contributed by atoms with Gasteiger partial charge in [-0.3, -0.25) is 0 Å². The van der Waals surface area contributed by atoms with Crippen molar-refractivity contribution >= 4 is 89.9 Å². The van der Waals surface area contributed by atoms with E-state index in [1.165, 1.54) is 84.2 Å². The predicted molar refractivity (Wildman–Crippen MR) is 299 cm³/mol. The van der Waals surface area contributed by atoms with Crippen LogP contribution in [0.5, 0.6) is 0 Å². The Bertz CT molecular complexity index is 3390. The van der Waals surface area contributed by atoms with E-state index in [-0.39, 0.29) is 39.2 Å². The van der Waals surface area contributed by atoms with Gasteiger partial charge in [0.05, 0.1) is 5.59 Å². The molecule has 0 atom stereocenters. The number of furan rings is 1. The summed E-state index contributed by atoms with van der Waals surface area (Å²) in [7, 11) is 0. The minimum absolute atomic E-state index is 0.0180. The second-order valence-corrected chi connectivity index (χ2v) is 27.1. The van der Waals surface area contributed by atoms with Gasteiger partial charge in [0.25, 0.3) is 6.71 Å². The van der Waals surface area contributed by atoms with Gasteiger partial charge in [0.1, 0.15) is 21.2 Å². The van der Waals surface area contributed by atoms with Gasteiger partial charge in [-0.25, -0.2) is 4.98 Å². The lowest BCUT2D eigenvalue weighted by molar-refractivity contribution is 0.332. The topological polar surface area (TPSA) is 32.5 Å². The van der Waals surface area contributed by atoms with E-state index in [1.54, 1.807) is 0 Å². The quantitative estimate of drug-likeness (QED) is 0.165. The molecular weight excluding hydrogens is 858 g/mol. The molecule has 11 rings (SSSR count). The van der Waals surface area contributed by atoms with Gasteiger partial charge in [0.2, 0.25) is 0 Å². The molecule has 2 aromatic heterocycles. The Balaban J connectivity index is 1.22. The number of aromatic nitrogens is 1. The van der Waals surface area contributed by atoms with Crippen molar-refractivity contribution in [3.05, 3.63) is 143 Å². The highest BCUT2D eigenvalue weighted by atomic mass is 32.1. The van der Waals surface area contributed by atoms with Crippen LogP contribution in [0.1, 0.15) is 157 Å². The highest BCUT2D eigenvalue weighted by molar-refractivity contribution is 7.22. The van der Waals surface area contributed by atoms with Gasteiger partial charge in [0, 0.05) is 44.8 Å². The predicted octanol–water partition coefficient (Wildman–Crippen LogP) is 16.3. The molecule has 4 nitrogen and oxygen atoms in total. The third-order valence-corrected chi connectivity index (χ3v) is 17.1. The number of hydrogen-bond acceptors (Lipinski definition) is 5. The highest BCUT2D eigenvalue weighted by Gasteiger charge is 2.47. The van der Waals surface area contributed by atoms with Crippen molar-refractivity contribution < 1.29 is 4.42 Å². The van der Waals surface area contributed by atoms with Gasteiger partial charge in [-0.05, 0) is 162 Å². The van der Waals surface area contributed by atoms with Crippen LogP contribution >= 0.6 is 11.3 Å². The Morgan fingerprint density at radius 2 is 1.04 bits per heavy atom. The van der Waals surface area contributed by atoms with E-state index >= 15 is 0 Å². The fraction of sp³-hybridized carbons (Fsp3) is 0.381. The maximum atomic E-state index is 6.50. The third-order valence-electron chi connectivity index (χ3n) is 16.0. The van der Waals surface area contributed by atoms with Gasteiger partial charge < -0.3 is 14.2 Å². The summed E-state index contributed by atoms with van der Waals surface area (Å²) in [6, 6.07) is 42.5. The van der Waals surface area contributed by atoms with Crippen molar-refractivity contribution in [2.45, 2.75) is 156 Å². The number of rotatable bonds is 3. The van der Waals surface area contributed by atoms with Gasteiger partial charge in [-0.2, -0.15) is 0 Å². The summed E-state index contributed by atoms with van der Waals surface area (Å²) in [5, 5.41) is 4.49. The molecule has 4 heterocycles. The fourth-order valence-electron chi connectivity index (χ4n) is 11.4. The summed E-state index contributed by atoms with van der Waals surface area (Å²) in [5.74, 6) is 0. The van der Waals surface area contributed by atoms with Gasteiger partial charge >= 0.3 is 0 Å². The molecule has 0 unspecified atom stereocenters. The Morgan fingerprint density at radius 1 is 0.507 bits per heavy atom. The number of fused-ring (bicyclic) bond motifs is 8. The first-order chi connectivity index (χ1) is 32.2. The normalized spacial score (nSPS) is 16.4. The monoisotopic (exact) mass is 928 g/mol. The van der Waals surface area contributed by atoms with Crippen molar-refractivity contribution in [2.24, 2.45) is 0 Å². The van der Waals surface area contributed by atoms with Crippen molar-refractivity contribution in [1.29, 1.82) is 0 Å². The Labute approximate surface area is 416 Å². The molecule has 0 spiro atoms. The zero-order valence-electron chi connectivity index (χ0n) is 44.0. The van der Waals surface area contributed by atoms with Crippen molar-refractivity contribution in [1.82, 2.24) is 4.98 Å². The maximum absolute atomic E-state index is 6.50. The number of hydrogen-bond donors (Lipinski definition) is 0. The summed E-state index contributed by atoms with van der Waals surface area (Å²) in [6.45, 7) is 37.5. The molecule has 6 aromatic carbocycles. The minimum atomic E-state index is -0.124. The fourth-order valence-corrected chi connectivity index (χ4v) is 12.5. The minimum Gasteiger partial charge on any atom is -0.456 e. The van der Waals surface area contributed by atoms with Crippen molar-refractivity contribution in [2.75, 3.05) is 9.80 Å². The van der Waals surface area contributed by atoms with E-state index < -0.39 is 0 Å². The van der Waals surface area contributed by atoms with E-state index in [1.807, 2.05) is 11.3 Å². The SMILES string of the molecule is CC(C)(C)c1ccc(N2c3ccc(C(C)(C)C)cc3B3c4nc(-c5ccc6oc7ccc(C(C)(C)C)cc7c6c5)sc4N(c4ccc5c(c4)C(C)(C)CCC5(C)C)c4cc(C(C)(C)C)cc2c43)cc1. The number of benzene rings is 6. The molecular formula is C63H70BN3OS. The standard InChI is InChI=1S/C63H70BN3OS/c1-58(2,3)38-18-22-42(23-19-38)66-49-26-20-40(60(7,8)9)33-48(49)64-54-50(66)34-41(61(10,11)12)35-51(54)67(43-24-25-46-47(36-43)63(15,16)30-29-62(46,13)14)57-55(64)65-56(69-57)37-17-27-52-44(31-37)45-32-39(59(4,5)6)21-28-53(45)68-52/h17-28,31-36H,29-30H2,1-16H3. The molecule has 1 aliphatic carbocycles. The zero-order chi connectivity index (χ0) is 49.1. The molecule has 0 amide bonds. The smallest absolute Gasteiger partial charge is 0.276 e. The molecule has 6 heteroatoms. The third kappa shape index (κ3) is 7.40. The maximum Gasteiger partial charge on any atom is 0.276 e. The highest BCUT2D eigenvalue weighted by Crippen LogP contribution is 2.52. The second kappa shape index (κ2) is 15.0. The number of anilines is 6. The lowest BCUT2D eigenvalue weighted by atomic mass is 9.35. The molecule has 0 radical (unpaired) electrons. The average molecular weight is 928 g/mol. The summed E-state index contributed by atoms with van der Waals surface area (Å²) in [4.78, 5) is 11.1. The van der Waals surface area contributed by atoms with Gasteiger partial charge in [-0.15, -0.1) is 0 Å². The number of nitrogens with zero attached hydrogens (tertiary/aromatic N) is 3. The van der Waals surface area contributed by atoms with E-state index in [0.717, 1.165) is 44.5 Å². The van der Waals surface area contributed by atoms with E-state index in [9.17, 15) is 0 Å². The Hall–Kier alpha value is -5.59. The van der Waals surface area contributed by atoms with Crippen molar-refractivity contribution in [3.8, 4) is 10.6 Å². The Kier molecular flexibility index (Phi) is 9.94. The van der Waals surface area contributed by atoms with Crippen LogP contribution < -0.4 is 26.3 Å². The van der Waals surface area contributed by atoms with Crippen LogP contribution in [0, 0.1) is 0 Å². The van der Waals surface area contributed by atoms with Crippen LogP contribution in [0.15, 0.2) is 114 Å². The summed E-state index contributed by atoms with van der Waals surface area (Å²) < 4.78 is 6.50. The summed E-state index contributed by atoms with van der Waals surface area (Å²) >= 11 is 1.83. The first-order valence-electron chi connectivity index (χ1n) is 25.4. The molecule has 69 heavy (non-hydrogen) atoms. The molecule has 0 fully saturated rings. The average Bonchev–Trinajstić information content (AvgIpc) is 3.88. The van der Waals surface area contributed by atoms with E-state index in [0.29, 0.717) is 0 Å². The molecule has 8 aromatic rings. The van der Waals surface area contributed by atoms with Gasteiger partial charge in [-0.1, -0.05) is 159 Å². The molecule has 0 N–H and O–H groups in total. The lowest BCUT2D eigenvalue weighted by Crippen LogP contribution is -2.62. The molecule has 0 saturated carbocycles. The molecule has 3 aliphatic rings. The Morgan fingerprint density at radius 3 is 1.68 bits per heavy atom. The molecule has 352 valence electrons. The first-order valence-corrected chi connectivity index (χ1v) is 26.2. The van der Waals surface area contributed by atoms with E-state index in [4.69, 9.17) is 9.40 Å². The van der Waals surface area contributed by atoms with Gasteiger partial charge in [0.15, 0.2) is 0 Å². The van der Waals surface area contributed by atoms with Crippen LogP contribution in [0.2, 0.25) is 0 Å². The molecule has 2 aliphatic heterocycles. The summed E-state index contributed by atoms with van der Waals surface area (Å²) in [5.41, 5.74) is 20.9.